The first-order valence-corrected chi connectivity index (χ1v) is 12.4. The fourth-order valence-electron chi connectivity index (χ4n) is 2.41. The maximum atomic E-state index is 11.6. The molecule has 0 saturated carbocycles. The Morgan fingerprint density at radius 1 is 0.474 bits per heavy atom. The van der Waals surface area contributed by atoms with Gasteiger partial charge in [0.25, 0.3) is 11.8 Å². The number of aliphatic carboxylic acids is 2. The minimum atomic E-state index is -0.846. The first kappa shape index (κ1) is 35.2. The van der Waals surface area contributed by atoms with Crippen molar-refractivity contribution in [1.82, 2.24) is 10.6 Å². The van der Waals surface area contributed by atoms with Gasteiger partial charge in [-0.3, -0.25) is 19.2 Å². The maximum Gasteiger partial charge on any atom is 0.303 e. The molecule has 14 nitrogen and oxygen atoms in total. The van der Waals surface area contributed by atoms with Gasteiger partial charge < -0.3 is 49.3 Å². The standard InChI is InChI=1S/C24H40N2O12/c27-21(25-7-11-35-15-19-37-17-13-33-9-1-3-23(29)30)5-6-22(28)26-8-12-36-16-20-38-18-14-34-10-2-4-24(31)32/h1-4,7-20H2,(H,25,27)(H,26,28)(H,29,30)(H,31,32). The number of rotatable bonds is 26. The highest BCUT2D eigenvalue weighted by molar-refractivity contribution is 6.02. The summed E-state index contributed by atoms with van der Waals surface area (Å²) in [4.78, 5) is 43.9. The van der Waals surface area contributed by atoms with Crippen LogP contribution in [-0.2, 0) is 47.6 Å². The Morgan fingerprint density at radius 2 is 0.763 bits per heavy atom. The molecule has 0 aromatic rings. The third-order valence-corrected chi connectivity index (χ3v) is 4.20. The van der Waals surface area contributed by atoms with Crippen LogP contribution < -0.4 is 10.6 Å². The normalized spacial score (nSPS) is 10.4. The predicted octanol–water partition coefficient (Wildman–Crippen LogP) is -0.949. The molecule has 0 spiro atoms. The molecule has 0 aromatic carbocycles. The minimum absolute atomic E-state index is 0.0805. The van der Waals surface area contributed by atoms with E-state index in [-0.39, 0.29) is 39.1 Å². The van der Waals surface area contributed by atoms with Crippen LogP contribution in [-0.4, -0.2) is 126 Å². The van der Waals surface area contributed by atoms with E-state index < -0.39 is 23.8 Å². The van der Waals surface area contributed by atoms with Crippen LogP contribution in [0.3, 0.4) is 0 Å². The van der Waals surface area contributed by atoms with Crippen LogP contribution >= 0.6 is 0 Å². The monoisotopic (exact) mass is 548 g/mol. The summed E-state index contributed by atoms with van der Waals surface area (Å²) in [5, 5.41) is 22.0. The molecule has 0 bridgehead atoms. The van der Waals surface area contributed by atoms with Gasteiger partial charge >= 0.3 is 11.9 Å². The topological polar surface area (TPSA) is 188 Å². The van der Waals surface area contributed by atoms with Crippen molar-refractivity contribution in [2.45, 2.75) is 25.7 Å². The molecule has 0 fully saturated rings. The quantitative estimate of drug-likeness (QED) is 0.0768. The number of nitrogens with one attached hydrogen (secondary N) is 2. The summed E-state index contributed by atoms with van der Waals surface area (Å²) in [5.74, 6) is 1.48. The van der Waals surface area contributed by atoms with Gasteiger partial charge in [0.1, 0.15) is 0 Å². The SMILES string of the molecule is O=C(O)CCCOCCOCCOCCNC(=O)C#CC(=O)NCCOCCOCCOCCCC(=O)O. The Hall–Kier alpha value is -2.80. The largest absolute Gasteiger partial charge is 0.481 e. The van der Waals surface area contributed by atoms with Crippen LogP contribution in [0.2, 0.25) is 0 Å². The van der Waals surface area contributed by atoms with E-state index in [9.17, 15) is 19.2 Å². The lowest BCUT2D eigenvalue weighted by molar-refractivity contribution is -0.138. The lowest BCUT2D eigenvalue weighted by atomic mass is 10.3. The van der Waals surface area contributed by atoms with Crippen molar-refractivity contribution >= 4 is 23.8 Å². The number of carbonyl (C=O) groups is 4. The van der Waals surface area contributed by atoms with E-state index in [4.69, 9.17) is 38.6 Å². The molecule has 0 radical (unpaired) electrons. The zero-order chi connectivity index (χ0) is 28.1. The van der Waals surface area contributed by atoms with Gasteiger partial charge in [-0.05, 0) is 12.8 Å². The maximum absolute atomic E-state index is 11.6. The van der Waals surface area contributed by atoms with Crippen LogP contribution in [0.1, 0.15) is 25.7 Å². The van der Waals surface area contributed by atoms with Crippen molar-refractivity contribution in [2.24, 2.45) is 0 Å². The fraction of sp³-hybridized carbons (Fsp3) is 0.750. The van der Waals surface area contributed by atoms with Gasteiger partial charge in [0.05, 0.1) is 66.1 Å². The van der Waals surface area contributed by atoms with E-state index >= 15 is 0 Å². The number of carbonyl (C=O) groups excluding carboxylic acids is 2. The van der Waals surface area contributed by atoms with E-state index in [1.165, 1.54) is 0 Å². The molecule has 0 aliphatic rings. The fourth-order valence-corrected chi connectivity index (χ4v) is 2.41. The highest BCUT2D eigenvalue weighted by atomic mass is 16.5. The van der Waals surface area contributed by atoms with Gasteiger partial charge in [-0.2, -0.15) is 0 Å². The Kier molecular flexibility index (Phi) is 25.2. The zero-order valence-electron chi connectivity index (χ0n) is 21.7. The summed E-state index contributed by atoms with van der Waals surface area (Å²) in [5.41, 5.74) is 0. The van der Waals surface area contributed by atoms with Crippen molar-refractivity contribution in [2.75, 3.05) is 92.4 Å². The van der Waals surface area contributed by atoms with Gasteiger partial charge in [-0.1, -0.05) is 0 Å². The van der Waals surface area contributed by atoms with Gasteiger partial charge in [0, 0.05) is 51.0 Å². The summed E-state index contributed by atoms with van der Waals surface area (Å²) in [7, 11) is 0. The van der Waals surface area contributed by atoms with Crippen molar-refractivity contribution in [3.63, 3.8) is 0 Å². The van der Waals surface area contributed by atoms with E-state index in [1.54, 1.807) is 0 Å². The van der Waals surface area contributed by atoms with Crippen molar-refractivity contribution < 1.29 is 57.8 Å². The average Bonchev–Trinajstić information content (AvgIpc) is 2.87. The molecular formula is C24H40N2O12. The minimum Gasteiger partial charge on any atom is -0.481 e. The van der Waals surface area contributed by atoms with Gasteiger partial charge in [-0.25, -0.2) is 0 Å². The second-order valence-corrected chi connectivity index (χ2v) is 7.43. The van der Waals surface area contributed by atoms with E-state index in [1.807, 2.05) is 0 Å². The first-order valence-electron chi connectivity index (χ1n) is 12.4. The Labute approximate surface area is 222 Å². The summed E-state index contributed by atoms with van der Waals surface area (Å²) >= 11 is 0. The zero-order valence-corrected chi connectivity index (χ0v) is 21.7. The molecule has 218 valence electrons. The average molecular weight is 549 g/mol. The summed E-state index contributed by atoms with van der Waals surface area (Å²) in [6.07, 6.45) is 1.09. The predicted molar refractivity (Wildman–Crippen MR) is 132 cm³/mol. The van der Waals surface area contributed by atoms with E-state index in [0.29, 0.717) is 78.9 Å². The smallest absolute Gasteiger partial charge is 0.303 e. The second-order valence-electron chi connectivity index (χ2n) is 7.43. The van der Waals surface area contributed by atoms with Gasteiger partial charge in [0.15, 0.2) is 0 Å². The van der Waals surface area contributed by atoms with E-state index in [0.717, 1.165) is 0 Å². The van der Waals surface area contributed by atoms with Gasteiger partial charge in [0.2, 0.25) is 0 Å². The number of hydrogen-bond acceptors (Lipinski definition) is 10. The molecule has 0 atom stereocenters. The molecule has 14 heteroatoms. The number of carboxylic acid groups (broad SMARTS) is 2. The lowest BCUT2D eigenvalue weighted by Gasteiger charge is -2.07. The van der Waals surface area contributed by atoms with Crippen LogP contribution in [0.5, 0.6) is 0 Å². The third kappa shape index (κ3) is 29.4. The summed E-state index contributed by atoms with van der Waals surface area (Å²) in [6.45, 7) is 4.62. The molecule has 38 heavy (non-hydrogen) atoms. The second kappa shape index (κ2) is 27.2. The van der Waals surface area contributed by atoms with Crippen molar-refractivity contribution in [3.05, 3.63) is 0 Å². The van der Waals surface area contributed by atoms with E-state index in [2.05, 4.69) is 22.5 Å². The van der Waals surface area contributed by atoms with Crippen LogP contribution in [0.15, 0.2) is 0 Å². The Morgan fingerprint density at radius 3 is 1.08 bits per heavy atom. The van der Waals surface area contributed by atoms with Crippen molar-refractivity contribution in [3.8, 4) is 11.8 Å². The number of carboxylic acids is 2. The molecular weight excluding hydrogens is 508 g/mol. The highest BCUT2D eigenvalue weighted by Gasteiger charge is 2.00. The number of ether oxygens (including phenoxy) is 6. The summed E-state index contributed by atoms with van der Waals surface area (Å²) < 4.78 is 31.6. The highest BCUT2D eigenvalue weighted by Crippen LogP contribution is 1.91. The molecule has 0 aliphatic heterocycles. The molecule has 0 aromatic heterocycles. The van der Waals surface area contributed by atoms with Gasteiger partial charge in [-0.15, -0.1) is 0 Å². The molecule has 0 saturated heterocycles. The Balaban J connectivity index is 3.42. The summed E-state index contributed by atoms with van der Waals surface area (Å²) in [6, 6.07) is 0. The van der Waals surface area contributed by atoms with Crippen LogP contribution in [0.4, 0.5) is 0 Å². The molecule has 0 unspecified atom stereocenters. The number of amides is 2. The molecule has 0 aliphatic carbocycles. The molecule has 2 amide bonds. The molecule has 0 rings (SSSR count). The van der Waals surface area contributed by atoms with Crippen LogP contribution in [0.25, 0.3) is 0 Å². The number of hydrogen-bond donors (Lipinski definition) is 4. The first-order chi connectivity index (χ1) is 18.4. The Bertz CT molecular complexity index is 652. The molecule has 4 N–H and O–H groups in total. The molecule has 0 heterocycles. The van der Waals surface area contributed by atoms with Crippen molar-refractivity contribution in [1.29, 1.82) is 0 Å². The third-order valence-electron chi connectivity index (χ3n) is 4.20. The lowest BCUT2D eigenvalue weighted by Crippen LogP contribution is -2.28. The van der Waals surface area contributed by atoms with Crippen LogP contribution in [0, 0.1) is 11.8 Å².